The highest BCUT2D eigenvalue weighted by molar-refractivity contribution is 9.10. The van der Waals surface area contributed by atoms with Crippen molar-refractivity contribution in [3.63, 3.8) is 0 Å². The standard InChI is InChI=1S/C13H9BrF3N3S/c14-10-2-1-7(5-9(10)13(15,16)17)20-8-3-4-19-11(6-8)12(18)21/h1-6H,(H2,18,21)(H,19,20). The van der Waals surface area contributed by atoms with Crippen LogP contribution in [-0.2, 0) is 6.18 Å². The van der Waals surface area contributed by atoms with Gasteiger partial charge in [0, 0.05) is 22.0 Å². The molecule has 0 saturated carbocycles. The first-order valence-electron chi connectivity index (χ1n) is 5.67. The average Bonchev–Trinajstić information content (AvgIpc) is 2.40. The molecule has 3 N–H and O–H groups in total. The number of hydrogen-bond donors (Lipinski definition) is 2. The Kier molecular flexibility index (Phi) is 4.48. The Morgan fingerprint density at radius 1 is 1.19 bits per heavy atom. The molecular formula is C13H9BrF3N3S. The summed E-state index contributed by atoms with van der Waals surface area (Å²) in [6.07, 6.45) is -2.96. The summed E-state index contributed by atoms with van der Waals surface area (Å²) >= 11 is 7.70. The van der Waals surface area contributed by atoms with Gasteiger partial charge in [0.2, 0.25) is 0 Å². The molecule has 1 heterocycles. The number of thiocarbonyl (C=S) groups is 1. The van der Waals surface area contributed by atoms with Crippen LogP contribution >= 0.6 is 28.1 Å². The van der Waals surface area contributed by atoms with E-state index in [0.717, 1.165) is 6.07 Å². The van der Waals surface area contributed by atoms with Crippen molar-refractivity contribution in [1.82, 2.24) is 4.98 Å². The Hall–Kier alpha value is -1.67. The van der Waals surface area contributed by atoms with E-state index in [9.17, 15) is 13.2 Å². The minimum Gasteiger partial charge on any atom is -0.388 e. The number of nitrogens with two attached hydrogens (primary N) is 1. The number of pyridine rings is 1. The first kappa shape index (κ1) is 15.7. The fraction of sp³-hybridized carbons (Fsp3) is 0.0769. The van der Waals surface area contributed by atoms with Crippen molar-refractivity contribution in [1.29, 1.82) is 0 Å². The van der Waals surface area contributed by atoms with E-state index in [1.165, 1.54) is 18.3 Å². The topological polar surface area (TPSA) is 50.9 Å². The molecule has 8 heteroatoms. The minimum atomic E-state index is -4.43. The zero-order valence-corrected chi connectivity index (χ0v) is 12.8. The Bertz CT molecular complexity index is 689. The number of rotatable bonds is 3. The van der Waals surface area contributed by atoms with Gasteiger partial charge in [-0.25, -0.2) is 0 Å². The predicted molar refractivity (Wildman–Crippen MR) is 82.6 cm³/mol. The lowest BCUT2D eigenvalue weighted by Gasteiger charge is -2.13. The number of nitrogens with zero attached hydrogens (tertiary/aromatic N) is 1. The van der Waals surface area contributed by atoms with Crippen LogP contribution in [0.25, 0.3) is 0 Å². The van der Waals surface area contributed by atoms with E-state index in [1.54, 1.807) is 12.1 Å². The fourth-order valence-electron chi connectivity index (χ4n) is 1.63. The predicted octanol–water partition coefficient (Wildman–Crippen LogP) is 4.24. The molecule has 0 aliphatic rings. The number of alkyl halides is 3. The molecule has 1 aromatic carbocycles. The number of hydrogen-bond acceptors (Lipinski definition) is 3. The molecular weight excluding hydrogens is 367 g/mol. The highest BCUT2D eigenvalue weighted by Gasteiger charge is 2.33. The van der Waals surface area contributed by atoms with Crippen molar-refractivity contribution in [2.24, 2.45) is 5.73 Å². The van der Waals surface area contributed by atoms with Crippen LogP contribution in [0.4, 0.5) is 24.5 Å². The highest BCUT2D eigenvalue weighted by Crippen LogP contribution is 2.36. The lowest BCUT2D eigenvalue weighted by atomic mass is 10.2. The van der Waals surface area contributed by atoms with Gasteiger partial charge in [0.05, 0.1) is 11.3 Å². The number of anilines is 2. The summed E-state index contributed by atoms with van der Waals surface area (Å²) in [4.78, 5) is 4.07. The third-order valence-electron chi connectivity index (χ3n) is 2.57. The Morgan fingerprint density at radius 2 is 1.86 bits per heavy atom. The van der Waals surface area contributed by atoms with Crippen LogP contribution in [0.15, 0.2) is 41.0 Å². The van der Waals surface area contributed by atoms with Crippen LogP contribution in [-0.4, -0.2) is 9.97 Å². The normalized spacial score (nSPS) is 11.2. The maximum atomic E-state index is 12.8. The quantitative estimate of drug-likeness (QED) is 0.787. The molecule has 1 aromatic heterocycles. The van der Waals surface area contributed by atoms with Gasteiger partial charge >= 0.3 is 6.18 Å². The molecule has 0 amide bonds. The summed E-state index contributed by atoms with van der Waals surface area (Å²) in [6, 6.07) is 7.06. The molecule has 0 radical (unpaired) electrons. The van der Waals surface area contributed by atoms with Gasteiger partial charge < -0.3 is 11.1 Å². The fourth-order valence-corrected chi connectivity index (χ4v) is 2.21. The van der Waals surface area contributed by atoms with E-state index in [4.69, 9.17) is 18.0 Å². The Balaban J connectivity index is 2.32. The summed E-state index contributed by atoms with van der Waals surface area (Å²) in [7, 11) is 0. The maximum absolute atomic E-state index is 12.8. The van der Waals surface area contributed by atoms with Crippen LogP contribution in [0.5, 0.6) is 0 Å². The van der Waals surface area contributed by atoms with Crippen LogP contribution in [0, 0.1) is 0 Å². The van der Waals surface area contributed by atoms with E-state index in [2.05, 4.69) is 26.2 Å². The van der Waals surface area contributed by atoms with Crippen molar-refractivity contribution in [2.45, 2.75) is 6.18 Å². The SMILES string of the molecule is NC(=S)c1cc(Nc2ccc(Br)c(C(F)(F)F)c2)ccn1. The Morgan fingerprint density at radius 3 is 2.48 bits per heavy atom. The van der Waals surface area contributed by atoms with Gasteiger partial charge in [-0.2, -0.15) is 13.2 Å². The van der Waals surface area contributed by atoms with Crippen molar-refractivity contribution in [3.8, 4) is 0 Å². The van der Waals surface area contributed by atoms with Gasteiger partial charge in [-0.1, -0.05) is 28.1 Å². The Labute approximate surface area is 132 Å². The van der Waals surface area contributed by atoms with Crippen LogP contribution < -0.4 is 11.1 Å². The second kappa shape index (κ2) is 5.98. The first-order chi connectivity index (χ1) is 9.77. The van der Waals surface area contributed by atoms with Crippen LogP contribution in [0.2, 0.25) is 0 Å². The van der Waals surface area contributed by atoms with Crippen LogP contribution in [0.3, 0.4) is 0 Å². The lowest BCUT2D eigenvalue weighted by molar-refractivity contribution is -0.138. The third kappa shape index (κ3) is 3.92. The summed E-state index contributed by atoms with van der Waals surface area (Å²) in [5.74, 6) is 0. The summed E-state index contributed by atoms with van der Waals surface area (Å²) < 4.78 is 38.5. The lowest BCUT2D eigenvalue weighted by Crippen LogP contribution is -2.11. The second-order valence-electron chi connectivity index (χ2n) is 4.11. The third-order valence-corrected chi connectivity index (χ3v) is 3.47. The summed E-state index contributed by atoms with van der Waals surface area (Å²) in [5.41, 5.74) is 5.94. The first-order valence-corrected chi connectivity index (χ1v) is 6.87. The van der Waals surface area contributed by atoms with Crippen molar-refractivity contribution >= 4 is 44.5 Å². The number of aromatic nitrogens is 1. The molecule has 0 bridgehead atoms. The molecule has 0 atom stereocenters. The number of nitrogens with one attached hydrogen (secondary N) is 1. The zero-order valence-electron chi connectivity index (χ0n) is 10.4. The van der Waals surface area contributed by atoms with E-state index < -0.39 is 11.7 Å². The van der Waals surface area contributed by atoms with Gasteiger partial charge in [0.15, 0.2) is 0 Å². The van der Waals surface area contributed by atoms with Gasteiger partial charge in [-0.05, 0) is 30.3 Å². The zero-order chi connectivity index (χ0) is 15.6. The highest BCUT2D eigenvalue weighted by atomic mass is 79.9. The molecule has 0 spiro atoms. The molecule has 0 unspecified atom stereocenters. The van der Waals surface area contributed by atoms with Crippen molar-refractivity contribution < 1.29 is 13.2 Å². The second-order valence-corrected chi connectivity index (χ2v) is 5.41. The molecule has 2 aromatic rings. The molecule has 3 nitrogen and oxygen atoms in total. The van der Waals surface area contributed by atoms with Crippen LogP contribution in [0.1, 0.15) is 11.3 Å². The van der Waals surface area contributed by atoms with Crippen molar-refractivity contribution in [3.05, 3.63) is 52.3 Å². The molecule has 0 fully saturated rings. The van der Waals surface area contributed by atoms with E-state index >= 15 is 0 Å². The van der Waals surface area contributed by atoms with Gasteiger partial charge in [-0.15, -0.1) is 0 Å². The molecule has 2 rings (SSSR count). The minimum absolute atomic E-state index is 0.0147. The molecule has 0 aliphatic carbocycles. The summed E-state index contributed by atoms with van der Waals surface area (Å²) in [6.45, 7) is 0. The van der Waals surface area contributed by atoms with Crippen molar-refractivity contribution in [2.75, 3.05) is 5.32 Å². The number of benzene rings is 1. The molecule has 110 valence electrons. The monoisotopic (exact) mass is 375 g/mol. The largest absolute Gasteiger partial charge is 0.417 e. The van der Waals surface area contributed by atoms with Gasteiger partial charge in [-0.3, -0.25) is 4.98 Å². The van der Waals surface area contributed by atoms with E-state index in [1.807, 2.05) is 0 Å². The molecule has 0 saturated heterocycles. The maximum Gasteiger partial charge on any atom is 0.417 e. The molecule has 21 heavy (non-hydrogen) atoms. The molecule has 0 aliphatic heterocycles. The smallest absolute Gasteiger partial charge is 0.388 e. The summed E-state index contributed by atoms with van der Waals surface area (Å²) in [5, 5.41) is 2.86. The van der Waals surface area contributed by atoms with E-state index in [-0.39, 0.29) is 9.46 Å². The average molecular weight is 376 g/mol. The van der Waals surface area contributed by atoms with Gasteiger partial charge in [0.25, 0.3) is 0 Å². The van der Waals surface area contributed by atoms with E-state index in [0.29, 0.717) is 17.1 Å². The number of halogens is 4. The van der Waals surface area contributed by atoms with Gasteiger partial charge in [0.1, 0.15) is 4.99 Å².